The molecule has 0 bridgehead atoms. The average Bonchev–Trinajstić information content (AvgIpc) is 2.37. The van der Waals surface area contributed by atoms with Crippen molar-refractivity contribution in [1.29, 1.82) is 0 Å². The van der Waals surface area contributed by atoms with Crippen LogP contribution in [0.3, 0.4) is 0 Å². The summed E-state index contributed by atoms with van der Waals surface area (Å²) in [4.78, 5) is 2.23. The lowest BCUT2D eigenvalue weighted by molar-refractivity contribution is 0.164. The van der Waals surface area contributed by atoms with E-state index in [1.807, 2.05) is 0 Å². The van der Waals surface area contributed by atoms with E-state index in [1.165, 1.54) is 6.42 Å². The van der Waals surface area contributed by atoms with Crippen LogP contribution in [0.25, 0.3) is 0 Å². The Morgan fingerprint density at radius 3 is 3.00 bits per heavy atom. The first-order valence-electron chi connectivity index (χ1n) is 3.42. The molecule has 0 aromatic carbocycles. The Morgan fingerprint density at radius 1 is 1.78 bits per heavy atom. The first-order chi connectivity index (χ1) is 4.34. The normalized spacial score (nSPS) is 27.7. The Balaban J connectivity index is 2.24. The Hall–Kier alpha value is -0.0800. The maximum atomic E-state index is 5.21. The van der Waals surface area contributed by atoms with Gasteiger partial charge in [-0.25, -0.2) is 0 Å². The summed E-state index contributed by atoms with van der Waals surface area (Å²) in [6.07, 6.45) is 1.17. The molecule has 0 saturated carbocycles. The third-order valence-corrected chi connectivity index (χ3v) is 1.88. The largest absolute Gasteiger partial charge is 0.380 e. The Labute approximate surface area is 56.8 Å². The van der Waals surface area contributed by atoms with Crippen LogP contribution in [0.2, 0.25) is 0 Å². The second kappa shape index (κ2) is 3.18. The molecule has 0 amide bonds. The van der Waals surface area contributed by atoms with Crippen molar-refractivity contribution in [3.05, 3.63) is 6.92 Å². The van der Waals surface area contributed by atoms with E-state index in [2.05, 4.69) is 18.9 Å². The monoisotopic (exact) mass is 128 g/mol. The first kappa shape index (κ1) is 7.03. The van der Waals surface area contributed by atoms with Crippen LogP contribution in [-0.4, -0.2) is 37.7 Å². The predicted molar refractivity (Wildman–Crippen MR) is 37.2 cm³/mol. The summed E-state index contributed by atoms with van der Waals surface area (Å²) < 4.78 is 5.21. The fraction of sp³-hybridized carbons (Fsp3) is 0.857. The van der Waals surface area contributed by atoms with Gasteiger partial charge in [0.2, 0.25) is 0 Å². The Kier molecular flexibility index (Phi) is 2.49. The van der Waals surface area contributed by atoms with Crippen LogP contribution in [0, 0.1) is 6.92 Å². The molecule has 0 N–H and O–H groups in total. The standard InChI is InChI=1S/C7H14NO/c1-3-8(2)7-4-5-9-6-7/h7H,1,3-6H2,2H3. The number of hydrogen-bond acceptors (Lipinski definition) is 2. The van der Waals surface area contributed by atoms with Gasteiger partial charge in [-0.1, -0.05) is 0 Å². The van der Waals surface area contributed by atoms with Gasteiger partial charge in [0, 0.05) is 12.6 Å². The average molecular weight is 128 g/mol. The molecule has 1 saturated heterocycles. The van der Waals surface area contributed by atoms with Crippen molar-refractivity contribution in [3.63, 3.8) is 0 Å². The third kappa shape index (κ3) is 1.66. The SMILES string of the molecule is [CH2]CN(C)C1CCOC1. The Morgan fingerprint density at radius 2 is 2.56 bits per heavy atom. The molecule has 1 aliphatic rings. The molecular formula is C7H14NO. The molecule has 2 nitrogen and oxygen atoms in total. The molecule has 1 atom stereocenters. The molecule has 1 rings (SSSR count). The number of hydrogen-bond donors (Lipinski definition) is 0. The molecule has 1 fully saturated rings. The van der Waals surface area contributed by atoms with Crippen LogP contribution >= 0.6 is 0 Å². The fourth-order valence-corrected chi connectivity index (χ4v) is 1.05. The molecule has 0 aromatic rings. The minimum Gasteiger partial charge on any atom is -0.380 e. The van der Waals surface area contributed by atoms with E-state index >= 15 is 0 Å². The van der Waals surface area contributed by atoms with Crippen molar-refractivity contribution in [2.24, 2.45) is 0 Å². The van der Waals surface area contributed by atoms with Crippen LogP contribution in [0.4, 0.5) is 0 Å². The van der Waals surface area contributed by atoms with E-state index in [0.29, 0.717) is 6.04 Å². The molecule has 1 aliphatic heterocycles. The van der Waals surface area contributed by atoms with Crippen LogP contribution in [-0.2, 0) is 4.74 Å². The molecule has 53 valence electrons. The molecule has 1 heterocycles. The fourth-order valence-electron chi connectivity index (χ4n) is 1.05. The van der Waals surface area contributed by atoms with Crippen LogP contribution in [0.5, 0.6) is 0 Å². The first-order valence-corrected chi connectivity index (χ1v) is 3.42. The van der Waals surface area contributed by atoms with E-state index in [0.717, 1.165) is 19.8 Å². The summed E-state index contributed by atoms with van der Waals surface area (Å²) >= 11 is 0. The highest BCUT2D eigenvalue weighted by atomic mass is 16.5. The Bertz CT molecular complexity index is 79.0. The van der Waals surface area contributed by atoms with Gasteiger partial charge in [0.25, 0.3) is 0 Å². The lowest BCUT2D eigenvalue weighted by Crippen LogP contribution is -2.31. The summed E-state index contributed by atoms with van der Waals surface area (Å²) in [5.41, 5.74) is 0. The van der Waals surface area contributed by atoms with Gasteiger partial charge < -0.3 is 9.64 Å². The number of likely N-dealkylation sites (N-methyl/N-ethyl adjacent to an activating group) is 1. The second-order valence-corrected chi connectivity index (χ2v) is 2.50. The van der Waals surface area contributed by atoms with Gasteiger partial charge in [-0.05, 0) is 26.9 Å². The van der Waals surface area contributed by atoms with Gasteiger partial charge in [0.1, 0.15) is 0 Å². The lowest BCUT2D eigenvalue weighted by atomic mass is 10.2. The molecule has 1 radical (unpaired) electrons. The minimum atomic E-state index is 0.627. The maximum Gasteiger partial charge on any atom is 0.0622 e. The minimum absolute atomic E-state index is 0.627. The zero-order valence-corrected chi connectivity index (χ0v) is 5.97. The van der Waals surface area contributed by atoms with E-state index in [1.54, 1.807) is 0 Å². The van der Waals surface area contributed by atoms with Crippen molar-refractivity contribution < 1.29 is 4.74 Å². The molecule has 2 heteroatoms. The molecule has 0 aliphatic carbocycles. The molecule has 1 unspecified atom stereocenters. The van der Waals surface area contributed by atoms with Gasteiger partial charge in [-0.2, -0.15) is 0 Å². The van der Waals surface area contributed by atoms with Crippen molar-refractivity contribution in [3.8, 4) is 0 Å². The van der Waals surface area contributed by atoms with E-state index in [4.69, 9.17) is 4.74 Å². The van der Waals surface area contributed by atoms with E-state index in [9.17, 15) is 0 Å². The van der Waals surface area contributed by atoms with Crippen molar-refractivity contribution >= 4 is 0 Å². The molecular weight excluding hydrogens is 114 g/mol. The van der Waals surface area contributed by atoms with Crippen molar-refractivity contribution in [2.45, 2.75) is 12.5 Å². The second-order valence-electron chi connectivity index (χ2n) is 2.50. The summed E-state index contributed by atoms with van der Waals surface area (Å²) in [5.74, 6) is 0. The van der Waals surface area contributed by atoms with Crippen LogP contribution in [0.1, 0.15) is 6.42 Å². The summed E-state index contributed by atoms with van der Waals surface area (Å²) in [5, 5.41) is 0. The number of rotatable bonds is 2. The van der Waals surface area contributed by atoms with Gasteiger partial charge in [0.15, 0.2) is 0 Å². The van der Waals surface area contributed by atoms with E-state index < -0.39 is 0 Å². The smallest absolute Gasteiger partial charge is 0.0622 e. The van der Waals surface area contributed by atoms with E-state index in [-0.39, 0.29) is 0 Å². The highest BCUT2D eigenvalue weighted by molar-refractivity contribution is 4.72. The quantitative estimate of drug-likeness (QED) is 0.538. The third-order valence-electron chi connectivity index (χ3n) is 1.88. The van der Waals surface area contributed by atoms with Crippen LogP contribution in [0.15, 0.2) is 0 Å². The zero-order chi connectivity index (χ0) is 6.69. The van der Waals surface area contributed by atoms with Crippen molar-refractivity contribution in [1.82, 2.24) is 4.90 Å². The summed E-state index contributed by atoms with van der Waals surface area (Å²) in [6.45, 7) is 6.50. The van der Waals surface area contributed by atoms with Crippen molar-refractivity contribution in [2.75, 3.05) is 26.8 Å². The lowest BCUT2D eigenvalue weighted by Gasteiger charge is -2.19. The number of ether oxygens (including phenoxy) is 1. The molecule has 9 heavy (non-hydrogen) atoms. The van der Waals surface area contributed by atoms with Gasteiger partial charge in [-0.15, -0.1) is 0 Å². The van der Waals surface area contributed by atoms with Gasteiger partial charge in [0.05, 0.1) is 6.61 Å². The van der Waals surface area contributed by atoms with Crippen LogP contribution < -0.4 is 0 Å². The highest BCUT2D eigenvalue weighted by Crippen LogP contribution is 2.08. The summed E-state index contributed by atoms with van der Waals surface area (Å²) in [7, 11) is 2.09. The summed E-state index contributed by atoms with van der Waals surface area (Å²) in [6, 6.07) is 0.627. The predicted octanol–water partition coefficient (Wildman–Crippen LogP) is 0.541. The van der Waals surface area contributed by atoms with Gasteiger partial charge >= 0.3 is 0 Å². The number of nitrogens with zero attached hydrogens (tertiary/aromatic N) is 1. The molecule has 0 aromatic heterocycles. The van der Waals surface area contributed by atoms with Gasteiger partial charge in [-0.3, -0.25) is 0 Å². The zero-order valence-electron chi connectivity index (χ0n) is 5.97. The molecule has 0 spiro atoms. The maximum absolute atomic E-state index is 5.21. The highest BCUT2D eigenvalue weighted by Gasteiger charge is 2.18. The topological polar surface area (TPSA) is 12.5 Å².